The van der Waals surface area contributed by atoms with Crippen LogP contribution in [0.2, 0.25) is 0 Å². The van der Waals surface area contributed by atoms with Gasteiger partial charge in [0.2, 0.25) is 0 Å². The number of nitrogens with two attached hydrogens (primary N) is 1. The van der Waals surface area contributed by atoms with E-state index >= 15 is 0 Å². The molecule has 15 heavy (non-hydrogen) atoms. The molecule has 0 bridgehead atoms. The van der Waals surface area contributed by atoms with Crippen LogP contribution in [-0.2, 0) is 0 Å². The average molecular weight is 222 g/mol. The first-order chi connectivity index (χ1) is 7.18. The van der Waals surface area contributed by atoms with Gasteiger partial charge in [0.1, 0.15) is 10.7 Å². The monoisotopic (exact) mass is 222 g/mol. The van der Waals surface area contributed by atoms with Crippen LogP contribution in [0.15, 0.2) is 12.4 Å². The molecule has 2 atom stereocenters. The molecule has 0 aliphatic heterocycles. The van der Waals surface area contributed by atoms with E-state index in [0.29, 0.717) is 11.5 Å². The van der Waals surface area contributed by atoms with Gasteiger partial charge in [0, 0.05) is 18.9 Å². The summed E-state index contributed by atoms with van der Waals surface area (Å²) in [5.74, 6) is 2.28. The lowest BCUT2D eigenvalue weighted by Gasteiger charge is -2.07. The number of hydrogen-bond acceptors (Lipinski definition) is 4. The zero-order valence-electron chi connectivity index (χ0n) is 8.60. The van der Waals surface area contributed by atoms with Crippen molar-refractivity contribution in [1.29, 1.82) is 0 Å². The summed E-state index contributed by atoms with van der Waals surface area (Å²) in [6, 6.07) is 0. The van der Waals surface area contributed by atoms with Crippen molar-refractivity contribution in [1.82, 2.24) is 9.97 Å². The summed E-state index contributed by atoms with van der Waals surface area (Å²) in [5.41, 5.74) is 6.14. The second-order valence-corrected chi connectivity index (χ2v) is 4.41. The van der Waals surface area contributed by atoms with Crippen molar-refractivity contribution in [3.05, 3.63) is 18.1 Å². The van der Waals surface area contributed by atoms with E-state index in [-0.39, 0.29) is 4.99 Å². The van der Waals surface area contributed by atoms with Gasteiger partial charge in [-0.3, -0.25) is 0 Å². The molecule has 1 fully saturated rings. The van der Waals surface area contributed by atoms with Gasteiger partial charge in [0.25, 0.3) is 0 Å². The molecule has 0 aromatic carbocycles. The summed E-state index contributed by atoms with van der Waals surface area (Å²) in [5, 5.41) is 3.25. The van der Waals surface area contributed by atoms with Gasteiger partial charge in [0.05, 0.1) is 0 Å². The Kier molecular flexibility index (Phi) is 2.81. The quantitative estimate of drug-likeness (QED) is 0.749. The first kappa shape index (κ1) is 10.3. The Bertz CT molecular complexity index is 379. The minimum Gasteiger partial charge on any atom is -0.388 e. The fraction of sp³-hybridized carbons (Fsp3) is 0.500. The van der Waals surface area contributed by atoms with Crippen molar-refractivity contribution in [2.45, 2.75) is 13.3 Å². The number of aromatic nitrogens is 2. The number of thiocarbonyl (C=S) groups is 1. The average Bonchev–Trinajstić information content (AvgIpc) is 2.92. The topological polar surface area (TPSA) is 63.8 Å². The van der Waals surface area contributed by atoms with Gasteiger partial charge in [-0.2, -0.15) is 0 Å². The Morgan fingerprint density at radius 1 is 1.60 bits per heavy atom. The van der Waals surface area contributed by atoms with E-state index in [9.17, 15) is 0 Å². The maximum absolute atomic E-state index is 5.55. The van der Waals surface area contributed by atoms with Gasteiger partial charge in [-0.05, 0) is 18.3 Å². The van der Waals surface area contributed by atoms with E-state index in [2.05, 4.69) is 22.2 Å². The van der Waals surface area contributed by atoms with Crippen LogP contribution in [0.25, 0.3) is 0 Å². The lowest BCUT2D eigenvalue weighted by Crippen LogP contribution is -2.17. The predicted octanol–water partition coefficient (Wildman–Crippen LogP) is 1.18. The van der Waals surface area contributed by atoms with Gasteiger partial charge in [0.15, 0.2) is 5.82 Å². The third-order valence-corrected chi connectivity index (χ3v) is 2.93. The molecular formula is C10H14N4S. The number of nitrogens with zero attached hydrogens (tertiary/aromatic N) is 2. The highest BCUT2D eigenvalue weighted by Gasteiger charge is 2.32. The number of anilines is 1. The summed E-state index contributed by atoms with van der Waals surface area (Å²) < 4.78 is 0. The van der Waals surface area contributed by atoms with Crippen molar-refractivity contribution in [3.8, 4) is 0 Å². The van der Waals surface area contributed by atoms with Crippen molar-refractivity contribution < 1.29 is 0 Å². The molecule has 1 aromatic rings. The third kappa shape index (κ3) is 2.41. The van der Waals surface area contributed by atoms with E-state index in [1.165, 1.54) is 6.42 Å². The number of nitrogens with one attached hydrogen (secondary N) is 1. The zero-order valence-corrected chi connectivity index (χ0v) is 9.42. The summed E-state index contributed by atoms with van der Waals surface area (Å²) in [6.07, 6.45) is 4.52. The molecule has 1 heterocycles. The fourth-order valence-corrected chi connectivity index (χ4v) is 1.71. The van der Waals surface area contributed by atoms with Crippen LogP contribution in [0, 0.1) is 11.8 Å². The zero-order chi connectivity index (χ0) is 10.8. The molecule has 0 saturated heterocycles. The van der Waals surface area contributed by atoms with E-state index in [0.717, 1.165) is 18.4 Å². The van der Waals surface area contributed by atoms with Gasteiger partial charge in [-0.25, -0.2) is 9.97 Å². The SMILES string of the molecule is CC1CC1CNc1nccnc1C(N)=S. The smallest absolute Gasteiger partial charge is 0.155 e. The second-order valence-electron chi connectivity index (χ2n) is 3.97. The van der Waals surface area contributed by atoms with Crippen molar-refractivity contribution in [2.24, 2.45) is 17.6 Å². The molecule has 80 valence electrons. The van der Waals surface area contributed by atoms with Crippen LogP contribution < -0.4 is 11.1 Å². The Hall–Kier alpha value is -1.23. The van der Waals surface area contributed by atoms with Crippen LogP contribution in [0.5, 0.6) is 0 Å². The summed E-state index contributed by atoms with van der Waals surface area (Å²) in [7, 11) is 0. The molecule has 1 aromatic heterocycles. The van der Waals surface area contributed by atoms with Gasteiger partial charge >= 0.3 is 0 Å². The van der Waals surface area contributed by atoms with Gasteiger partial charge < -0.3 is 11.1 Å². The predicted molar refractivity (Wildman–Crippen MR) is 63.7 cm³/mol. The molecule has 1 aliphatic rings. The van der Waals surface area contributed by atoms with Crippen molar-refractivity contribution in [2.75, 3.05) is 11.9 Å². The largest absolute Gasteiger partial charge is 0.388 e. The van der Waals surface area contributed by atoms with Crippen molar-refractivity contribution >= 4 is 23.0 Å². The Balaban J connectivity index is 2.03. The highest BCUT2D eigenvalue weighted by molar-refractivity contribution is 7.80. The second kappa shape index (κ2) is 4.10. The van der Waals surface area contributed by atoms with Crippen LogP contribution in [0.1, 0.15) is 19.0 Å². The lowest BCUT2D eigenvalue weighted by molar-refractivity contribution is 0.783. The highest BCUT2D eigenvalue weighted by Crippen LogP contribution is 2.37. The Labute approximate surface area is 94.3 Å². The fourth-order valence-electron chi connectivity index (χ4n) is 1.56. The Morgan fingerprint density at radius 3 is 2.87 bits per heavy atom. The molecule has 5 heteroatoms. The molecule has 1 saturated carbocycles. The Morgan fingerprint density at radius 2 is 2.27 bits per heavy atom. The summed E-state index contributed by atoms with van der Waals surface area (Å²) in [4.78, 5) is 8.57. The standard InChI is InChI=1S/C10H14N4S/c1-6-4-7(6)5-14-10-8(9(11)15)12-2-3-13-10/h2-3,6-7H,4-5H2,1H3,(H2,11,15)(H,13,14). The van der Waals surface area contributed by atoms with Crippen LogP contribution in [0.3, 0.4) is 0 Å². The van der Waals surface area contributed by atoms with Crippen LogP contribution >= 0.6 is 12.2 Å². The minimum atomic E-state index is 0.287. The molecule has 2 unspecified atom stereocenters. The number of rotatable bonds is 4. The first-order valence-corrected chi connectivity index (χ1v) is 5.44. The molecule has 0 radical (unpaired) electrons. The third-order valence-electron chi connectivity index (χ3n) is 2.74. The maximum Gasteiger partial charge on any atom is 0.155 e. The molecule has 1 aliphatic carbocycles. The maximum atomic E-state index is 5.55. The summed E-state index contributed by atoms with van der Waals surface area (Å²) >= 11 is 4.90. The van der Waals surface area contributed by atoms with E-state index in [1.54, 1.807) is 12.4 Å². The minimum absolute atomic E-state index is 0.287. The van der Waals surface area contributed by atoms with E-state index < -0.39 is 0 Å². The number of hydrogen-bond donors (Lipinski definition) is 2. The molecule has 0 spiro atoms. The van der Waals surface area contributed by atoms with Gasteiger partial charge in [-0.1, -0.05) is 19.1 Å². The molecule has 2 rings (SSSR count). The lowest BCUT2D eigenvalue weighted by atomic mass is 10.3. The first-order valence-electron chi connectivity index (χ1n) is 5.03. The van der Waals surface area contributed by atoms with E-state index in [1.807, 2.05) is 0 Å². The van der Waals surface area contributed by atoms with E-state index in [4.69, 9.17) is 18.0 Å². The molecular weight excluding hydrogens is 208 g/mol. The normalized spacial score (nSPS) is 23.5. The highest BCUT2D eigenvalue weighted by atomic mass is 32.1. The molecule has 4 nitrogen and oxygen atoms in total. The van der Waals surface area contributed by atoms with Crippen LogP contribution in [-0.4, -0.2) is 21.5 Å². The van der Waals surface area contributed by atoms with Crippen molar-refractivity contribution in [3.63, 3.8) is 0 Å². The molecule has 0 amide bonds. The molecule has 3 N–H and O–H groups in total. The van der Waals surface area contributed by atoms with Gasteiger partial charge in [-0.15, -0.1) is 0 Å². The van der Waals surface area contributed by atoms with Crippen LogP contribution in [0.4, 0.5) is 5.82 Å². The summed E-state index contributed by atoms with van der Waals surface area (Å²) in [6.45, 7) is 3.17.